The fourth-order valence-electron chi connectivity index (χ4n) is 3.10. The lowest BCUT2D eigenvalue weighted by Crippen LogP contribution is -2.46. The van der Waals surface area contributed by atoms with Gasteiger partial charge in [0.2, 0.25) is 0 Å². The van der Waals surface area contributed by atoms with Crippen LogP contribution < -0.4 is 9.80 Å². The topological polar surface area (TPSA) is 96.1 Å². The summed E-state index contributed by atoms with van der Waals surface area (Å²) in [6.07, 6.45) is 0. The average molecular weight is 357 g/mol. The van der Waals surface area contributed by atoms with Gasteiger partial charge >= 0.3 is 5.97 Å². The second-order valence-electron chi connectivity index (χ2n) is 5.91. The average Bonchev–Trinajstić information content (AvgIpc) is 2.67. The summed E-state index contributed by atoms with van der Waals surface area (Å²) in [5.41, 5.74) is 1.37. The highest BCUT2D eigenvalue weighted by atomic mass is 16.6. The van der Waals surface area contributed by atoms with Gasteiger partial charge in [0.25, 0.3) is 5.69 Å². The van der Waals surface area contributed by atoms with Crippen LogP contribution in [0.15, 0.2) is 42.5 Å². The molecular formula is C18H19N3O5. The van der Waals surface area contributed by atoms with Gasteiger partial charge in [-0.2, -0.15) is 0 Å². The molecule has 1 N–H and O–H groups in total. The van der Waals surface area contributed by atoms with Gasteiger partial charge in [-0.1, -0.05) is 12.1 Å². The van der Waals surface area contributed by atoms with Crippen LogP contribution in [-0.4, -0.2) is 49.3 Å². The van der Waals surface area contributed by atoms with Gasteiger partial charge in [-0.25, -0.2) is 4.79 Å². The van der Waals surface area contributed by atoms with E-state index >= 15 is 0 Å². The van der Waals surface area contributed by atoms with Crippen LogP contribution in [-0.2, 0) is 4.74 Å². The van der Waals surface area contributed by atoms with E-state index < -0.39 is 10.9 Å². The monoisotopic (exact) mass is 357 g/mol. The third kappa shape index (κ3) is 3.39. The zero-order valence-corrected chi connectivity index (χ0v) is 14.3. The fraction of sp³-hybridized carbons (Fsp3) is 0.278. The summed E-state index contributed by atoms with van der Waals surface area (Å²) in [5, 5.41) is 21.4. The van der Waals surface area contributed by atoms with Crippen molar-refractivity contribution in [3.63, 3.8) is 0 Å². The molecule has 0 radical (unpaired) electrons. The Hall–Kier alpha value is -3.29. The summed E-state index contributed by atoms with van der Waals surface area (Å²) in [4.78, 5) is 26.6. The number of nitro groups is 1. The molecule has 0 atom stereocenters. The molecule has 0 spiro atoms. The van der Waals surface area contributed by atoms with Gasteiger partial charge in [0.15, 0.2) is 0 Å². The number of rotatable bonds is 4. The van der Waals surface area contributed by atoms with E-state index in [9.17, 15) is 20.0 Å². The van der Waals surface area contributed by atoms with E-state index in [1.807, 2.05) is 21.9 Å². The number of carbonyl (C=O) groups excluding carboxylic acids is 1. The van der Waals surface area contributed by atoms with Crippen molar-refractivity contribution >= 4 is 23.0 Å². The van der Waals surface area contributed by atoms with E-state index in [2.05, 4.69) is 0 Å². The summed E-state index contributed by atoms with van der Waals surface area (Å²) in [6.45, 7) is 2.24. The third-order valence-electron chi connectivity index (χ3n) is 4.44. The second kappa shape index (κ2) is 7.30. The van der Waals surface area contributed by atoms with Crippen LogP contribution in [0.5, 0.6) is 5.75 Å². The highest BCUT2D eigenvalue weighted by Gasteiger charge is 2.26. The molecule has 26 heavy (non-hydrogen) atoms. The van der Waals surface area contributed by atoms with Crippen LogP contribution in [0.3, 0.4) is 0 Å². The van der Waals surface area contributed by atoms with Crippen molar-refractivity contribution in [3.05, 3.63) is 58.1 Å². The molecule has 0 bridgehead atoms. The molecular weight excluding hydrogens is 338 g/mol. The number of anilines is 2. The molecule has 2 aromatic carbocycles. The number of carbonyl (C=O) groups is 1. The number of hydrogen-bond donors (Lipinski definition) is 1. The molecule has 2 aromatic rings. The molecule has 1 fully saturated rings. The van der Waals surface area contributed by atoms with Crippen LogP contribution in [0.1, 0.15) is 10.4 Å². The van der Waals surface area contributed by atoms with Gasteiger partial charge in [0.05, 0.1) is 23.3 Å². The van der Waals surface area contributed by atoms with Crippen molar-refractivity contribution in [2.75, 3.05) is 43.1 Å². The first kappa shape index (κ1) is 17.5. The number of aromatic hydroxyl groups is 1. The maximum Gasteiger partial charge on any atom is 0.337 e. The van der Waals surface area contributed by atoms with Crippen molar-refractivity contribution in [3.8, 4) is 5.75 Å². The zero-order valence-electron chi connectivity index (χ0n) is 14.3. The Morgan fingerprint density at radius 2 is 1.69 bits per heavy atom. The molecule has 0 amide bonds. The first-order valence-electron chi connectivity index (χ1n) is 8.16. The minimum absolute atomic E-state index is 0.0475. The van der Waals surface area contributed by atoms with Crippen LogP contribution in [0, 0.1) is 10.1 Å². The number of phenols is 1. The molecule has 0 unspecified atom stereocenters. The molecule has 3 rings (SSSR count). The fourth-order valence-corrected chi connectivity index (χ4v) is 3.10. The summed E-state index contributed by atoms with van der Waals surface area (Å²) >= 11 is 0. The maximum absolute atomic E-state index is 11.8. The van der Waals surface area contributed by atoms with Crippen LogP contribution in [0.4, 0.5) is 17.1 Å². The van der Waals surface area contributed by atoms with Gasteiger partial charge in [-0.3, -0.25) is 10.1 Å². The number of methoxy groups -OCH3 is 1. The van der Waals surface area contributed by atoms with Crippen LogP contribution in [0.2, 0.25) is 0 Å². The molecule has 0 aliphatic carbocycles. The number of nitro benzene ring substituents is 1. The number of piperazine rings is 1. The number of hydrogen-bond acceptors (Lipinski definition) is 7. The number of benzene rings is 2. The van der Waals surface area contributed by atoms with E-state index in [-0.39, 0.29) is 17.0 Å². The van der Waals surface area contributed by atoms with Crippen molar-refractivity contribution in [1.29, 1.82) is 0 Å². The van der Waals surface area contributed by atoms with Crippen LogP contribution in [0.25, 0.3) is 0 Å². The Bertz CT molecular complexity index is 831. The van der Waals surface area contributed by atoms with E-state index in [4.69, 9.17) is 4.74 Å². The highest BCUT2D eigenvalue weighted by Crippen LogP contribution is 2.32. The Kier molecular flexibility index (Phi) is 4.92. The quantitative estimate of drug-likeness (QED) is 0.510. The Morgan fingerprint density at radius 1 is 1.08 bits per heavy atom. The van der Waals surface area contributed by atoms with Gasteiger partial charge in [0.1, 0.15) is 11.4 Å². The van der Waals surface area contributed by atoms with Crippen molar-refractivity contribution in [2.45, 2.75) is 0 Å². The summed E-state index contributed by atoms with van der Waals surface area (Å²) in [7, 11) is 1.27. The molecule has 1 aliphatic heterocycles. The Morgan fingerprint density at radius 3 is 2.27 bits per heavy atom. The minimum Gasteiger partial charge on any atom is -0.506 e. The molecule has 1 saturated heterocycles. The normalized spacial score (nSPS) is 14.2. The van der Waals surface area contributed by atoms with Gasteiger partial charge in [-0.15, -0.1) is 0 Å². The van der Waals surface area contributed by atoms with E-state index in [0.29, 0.717) is 31.9 Å². The summed E-state index contributed by atoms with van der Waals surface area (Å²) in [5.74, 6) is -0.325. The molecule has 0 saturated carbocycles. The molecule has 0 aromatic heterocycles. The number of para-hydroxylation sites is 2. The predicted molar refractivity (Wildman–Crippen MR) is 97.0 cm³/mol. The smallest absolute Gasteiger partial charge is 0.337 e. The van der Waals surface area contributed by atoms with E-state index in [0.717, 1.165) is 5.69 Å². The summed E-state index contributed by atoms with van der Waals surface area (Å²) in [6, 6.07) is 11.3. The van der Waals surface area contributed by atoms with Crippen molar-refractivity contribution in [1.82, 2.24) is 0 Å². The Balaban J connectivity index is 1.83. The largest absolute Gasteiger partial charge is 0.506 e. The number of phenolic OH excluding ortho intramolecular Hbond substituents is 1. The molecule has 136 valence electrons. The SMILES string of the molecule is COC(=O)c1ccc([N+](=O)[O-])c(N2CCN(c3ccccc3O)CC2)c1. The molecule has 1 heterocycles. The number of ether oxygens (including phenoxy) is 1. The van der Waals surface area contributed by atoms with Crippen molar-refractivity contribution < 1.29 is 19.6 Å². The first-order valence-corrected chi connectivity index (χ1v) is 8.16. The standard InChI is InChI=1S/C18H19N3O5/c1-26-18(23)13-6-7-14(21(24)25)16(12-13)20-10-8-19(9-11-20)15-4-2-3-5-17(15)22/h2-7,12,22H,8-11H2,1H3. The van der Waals surface area contributed by atoms with Gasteiger partial charge < -0.3 is 19.6 Å². The van der Waals surface area contributed by atoms with Crippen LogP contribution >= 0.6 is 0 Å². The van der Waals surface area contributed by atoms with E-state index in [1.165, 1.54) is 25.3 Å². The predicted octanol–water partition coefficient (Wildman–Crippen LogP) is 2.41. The van der Waals surface area contributed by atoms with E-state index in [1.54, 1.807) is 12.1 Å². The zero-order chi connectivity index (χ0) is 18.7. The Labute approximate surface area is 150 Å². The lowest BCUT2D eigenvalue weighted by molar-refractivity contribution is -0.384. The van der Waals surface area contributed by atoms with Crippen molar-refractivity contribution in [2.24, 2.45) is 0 Å². The lowest BCUT2D eigenvalue weighted by Gasteiger charge is -2.37. The maximum atomic E-state index is 11.8. The number of esters is 1. The lowest BCUT2D eigenvalue weighted by atomic mass is 10.1. The number of nitrogens with zero attached hydrogens (tertiary/aromatic N) is 3. The third-order valence-corrected chi connectivity index (χ3v) is 4.44. The second-order valence-corrected chi connectivity index (χ2v) is 5.91. The molecule has 8 nitrogen and oxygen atoms in total. The molecule has 1 aliphatic rings. The first-order chi connectivity index (χ1) is 12.5. The van der Waals surface area contributed by atoms with Gasteiger partial charge in [-0.05, 0) is 24.3 Å². The highest BCUT2D eigenvalue weighted by molar-refractivity contribution is 5.91. The summed E-state index contributed by atoms with van der Waals surface area (Å²) < 4.78 is 4.70. The minimum atomic E-state index is -0.533. The van der Waals surface area contributed by atoms with Gasteiger partial charge in [0, 0.05) is 32.2 Å². The molecule has 8 heteroatoms.